The molecule has 0 spiro atoms. The summed E-state index contributed by atoms with van der Waals surface area (Å²) in [5.41, 5.74) is 7.91. The molecule has 0 saturated heterocycles. The molecule has 5 aromatic carbocycles. The highest BCUT2D eigenvalue weighted by atomic mass is 35.5. The van der Waals surface area contributed by atoms with Gasteiger partial charge >= 0.3 is 0 Å². The lowest BCUT2D eigenvalue weighted by atomic mass is 9.84. The van der Waals surface area contributed by atoms with E-state index in [-0.39, 0.29) is 20.9 Å². The maximum Gasteiger partial charge on any atom is 0.128 e. The van der Waals surface area contributed by atoms with Gasteiger partial charge in [0.15, 0.2) is 0 Å². The molecule has 0 aliphatic heterocycles. The van der Waals surface area contributed by atoms with Crippen molar-refractivity contribution < 1.29 is 0 Å². The lowest BCUT2D eigenvalue weighted by Gasteiger charge is -2.53. The molecule has 6 aromatic rings. The van der Waals surface area contributed by atoms with Crippen LogP contribution >= 0.6 is 34.5 Å². The van der Waals surface area contributed by atoms with Crippen molar-refractivity contribution >= 4 is 80.1 Å². The van der Waals surface area contributed by atoms with Crippen molar-refractivity contribution in [3.8, 4) is 11.1 Å². The summed E-state index contributed by atoms with van der Waals surface area (Å²) in [6.45, 7) is 28.2. The van der Waals surface area contributed by atoms with Crippen molar-refractivity contribution in [2.24, 2.45) is 0 Å². The van der Waals surface area contributed by atoms with Crippen LogP contribution < -0.4 is 15.3 Å². The van der Waals surface area contributed by atoms with Crippen molar-refractivity contribution in [1.29, 1.82) is 0 Å². The zero-order chi connectivity index (χ0) is 38.7. The van der Waals surface area contributed by atoms with E-state index in [0.29, 0.717) is 10.0 Å². The van der Waals surface area contributed by atoms with E-state index < -0.39 is 8.07 Å². The molecule has 6 rings (SSSR count). The molecule has 5 heteroatoms. The molecule has 0 aliphatic rings. The Labute approximate surface area is 334 Å². The second-order valence-electron chi connectivity index (χ2n) is 18.7. The Morgan fingerprint density at radius 3 is 1.64 bits per heavy atom. The third kappa shape index (κ3) is 7.16. The van der Waals surface area contributed by atoms with Crippen LogP contribution in [-0.2, 0) is 10.8 Å². The van der Waals surface area contributed by atoms with Crippen LogP contribution in [-0.4, -0.2) is 8.07 Å². The first-order valence-electron chi connectivity index (χ1n) is 18.7. The number of hydrogen-bond donors (Lipinski definition) is 0. The summed E-state index contributed by atoms with van der Waals surface area (Å²) in [4.78, 5) is 2.41. The molecule has 0 bridgehead atoms. The predicted octanol–water partition coefficient (Wildman–Crippen LogP) is 15.1. The van der Waals surface area contributed by atoms with E-state index in [4.69, 9.17) is 23.2 Å². The summed E-state index contributed by atoms with van der Waals surface area (Å²) in [7, 11) is -2.63. The van der Waals surface area contributed by atoms with E-state index in [9.17, 15) is 0 Å². The quantitative estimate of drug-likeness (QED) is 0.152. The molecule has 1 nitrogen and oxygen atoms in total. The summed E-state index contributed by atoms with van der Waals surface area (Å²) in [6, 6.07) is 40.4. The number of benzene rings is 5. The van der Waals surface area contributed by atoms with E-state index in [0.717, 1.165) is 28.2 Å². The minimum Gasteiger partial charge on any atom is -0.307 e. The Morgan fingerprint density at radius 2 is 1.08 bits per heavy atom. The van der Waals surface area contributed by atoms with Crippen molar-refractivity contribution in [2.45, 2.75) is 104 Å². The number of hydrogen-bond acceptors (Lipinski definition) is 2. The first-order valence-corrected chi connectivity index (χ1v) is 22.4. The number of halogens is 2. The number of thiophene rings is 1. The SMILES string of the molecule is CC(C)(C)c1ccc(N(c2cc([Si](c3ccccc3)(C(C)(C)C)C(C)(C)C)cc(Cl)c2Cl)c2csc3ccc(C(C)(C)C)cc23)c(-c2ccccc2)c1. The van der Waals surface area contributed by atoms with E-state index in [1.807, 2.05) is 0 Å². The van der Waals surface area contributed by atoms with Crippen LogP contribution in [0.25, 0.3) is 21.2 Å². The smallest absolute Gasteiger partial charge is 0.128 e. The van der Waals surface area contributed by atoms with Gasteiger partial charge in [-0.1, -0.05) is 184 Å². The average Bonchev–Trinajstić information content (AvgIpc) is 3.49. The largest absolute Gasteiger partial charge is 0.307 e. The highest BCUT2D eigenvalue weighted by molar-refractivity contribution is 7.17. The summed E-state index contributed by atoms with van der Waals surface area (Å²) >= 11 is 16.7. The normalized spacial score (nSPS) is 13.1. The monoisotopic (exact) mass is 775 g/mol. The Hall–Kier alpha value is -3.34. The van der Waals surface area contributed by atoms with Crippen molar-refractivity contribution in [3.05, 3.63) is 136 Å². The summed E-state index contributed by atoms with van der Waals surface area (Å²) in [5.74, 6) is 0. The maximum absolute atomic E-state index is 7.55. The van der Waals surface area contributed by atoms with Gasteiger partial charge in [-0.05, 0) is 79.2 Å². The number of fused-ring (bicyclic) bond motifs is 1. The van der Waals surface area contributed by atoms with Crippen LogP contribution in [0.1, 0.15) is 94.2 Å². The summed E-state index contributed by atoms with van der Waals surface area (Å²) < 4.78 is 1.24. The first kappa shape index (κ1) is 39.4. The molecule has 1 aromatic heterocycles. The Balaban J connectivity index is 1.78. The molecule has 0 atom stereocenters. The molecule has 53 heavy (non-hydrogen) atoms. The predicted molar refractivity (Wildman–Crippen MR) is 240 cm³/mol. The van der Waals surface area contributed by atoms with E-state index in [2.05, 4.69) is 203 Å². The lowest BCUT2D eigenvalue weighted by Crippen LogP contribution is -2.69. The summed E-state index contributed by atoms with van der Waals surface area (Å²) in [5, 5.41) is 7.19. The summed E-state index contributed by atoms with van der Waals surface area (Å²) in [6.07, 6.45) is 0. The van der Waals surface area contributed by atoms with Crippen LogP contribution in [0.3, 0.4) is 0 Å². The van der Waals surface area contributed by atoms with Gasteiger partial charge in [-0.25, -0.2) is 0 Å². The van der Waals surface area contributed by atoms with Gasteiger partial charge in [0.1, 0.15) is 8.07 Å². The van der Waals surface area contributed by atoms with Crippen LogP contribution in [0.5, 0.6) is 0 Å². The third-order valence-electron chi connectivity index (χ3n) is 11.0. The molecule has 0 fully saturated rings. The molecular formula is C48H55Cl2NSSi. The Morgan fingerprint density at radius 1 is 0.528 bits per heavy atom. The first-order chi connectivity index (χ1) is 24.7. The topological polar surface area (TPSA) is 3.24 Å². The average molecular weight is 777 g/mol. The van der Waals surface area contributed by atoms with Gasteiger partial charge in [0.2, 0.25) is 0 Å². The van der Waals surface area contributed by atoms with Gasteiger partial charge in [0.05, 0.1) is 27.1 Å². The van der Waals surface area contributed by atoms with Gasteiger partial charge in [0, 0.05) is 21.0 Å². The fourth-order valence-electron chi connectivity index (χ4n) is 8.76. The van der Waals surface area contributed by atoms with Gasteiger partial charge in [0.25, 0.3) is 0 Å². The van der Waals surface area contributed by atoms with Crippen molar-refractivity contribution in [1.82, 2.24) is 0 Å². The number of rotatable bonds is 6. The molecule has 0 saturated carbocycles. The number of nitrogens with zero attached hydrogens (tertiary/aromatic N) is 1. The molecular weight excluding hydrogens is 722 g/mol. The van der Waals surface area contributed by atoms with Crippen LogP contribution in [0.2, 0.25) is 20.1 Å². The number of anilines is 3. The maximum atomic E-state index is 7.55. The standard InChI is InChI=1S/C48H55Cl2NSSi/c1-45(2,3)33-23-25-40(37(27-33)32-19-15-13-16-20-32)51(42-31-52-43-26-24-34(28-38(42)43)46(4,5)6)41-30-36(29-39(49)44(41)50)53(47(7,8)9,48(10,11)12)35-21-17-14-18-22-35/h13-31H,1-12H3. The van der Waals surface area contributed by atoms with E-state index >= 15 is 0 Å². The lowest BCUT2D eigenvalue weighted by molar-refractivity contribution is 0.590. The van der Waals surface area contributed by atoms with Gasteiger partial charge in [-0.2, -0.15) is 0 Å². The van der Waals surface area contributed by atoms with E-state index in [1.165, 1.54) is 31.6 Å². The van der Waals surface area contributed by atoms with Crippen LogP contribution in [0.15, 0.2) is 115 Å². The van der Waals surface area contributed by atoms with Gasteiger partial charge in [-0.15, -0.1) is 11.3 Å². The third-order valence-corrected chi connectivity index (χ3v) is 19.6. The van der Waals surface area contributed by atoms with Crippen LogP contribution in [0.4, 0.5) is 17.1 Å². The fraction of sp³-hybridized carbons (Fsp3) is 0.333. The zero-order valence-corrected chi connectivity index (χ0v) is 36.9. The van der Waals surface area contributed by atoms with E-state index in [1.54, 1.807) is 11.3 Å². The molecule has 0 aliphatic carbocycles. The molecule has 0 amide bonds. The van der Waals surface area contributed by atoms with Gasteiger partial charge < -0.3 is 4.90 Å². The molecule has 276 valence electrons. The highest BCUT2D eigenvalue weighted by Gasteiger charge is 2.55. The van der Waals surface area contributed by atoms with Gasteiger partial charge in [-0.3, -0.25) is 0 Å². The Bertz CT molecular complexity index is 2230. The fourth-order valence-corrected chi connectivity index (χ4v) is 17.6. The molecule has 1 heterocycles. The minimum absolute atomic E-state index is 0.0110. The second kappa shape index (κ2) is 14.1. The molecule has 0 N–H and O–H groups in total. The van der Waals surface area contributed by atoms with Crippen molar-refractivity contribution in [2.75, 3.05) is 4.90 Å². The highest BCUT2D eigenvalue weighted by Crippen LogP contribution is 2.53. The molecule has 0 radical (unpaired) electrons. The molecule has 0 unspecified atom stereocenters. The van der Waals surface area contributed by atoms with Crippen molar-refractivity contribution in [3.63, 3.8) is 0 Å². The van der Waals surface area contributed by atoms with Crippen LogP contribution in [0, 0.1) is 0 Å². The Kier molecular flexibility index (Phi) is 10.4. The minimum atomic E-state index is -2.63. The second-order valence-corrected chi connectivity index (χ2v) is 26.0. The zero-order valence-electron chi connectivity index (χ0n) is 33.6.